The maximum Gasteiger partial charge on any atom is 0.194 e. The minimum absolute atomic E-state index is 0.759. The summed E-state index contributed by atoms with van der Waals surface area (Å²) in [5.41, 5.74) is 2.37. The Morgan fingerprint density at radius 2 is 1.97 bits per heavy atom. The van der Waals surface area contributed by atoms with E-state index in [0.29, 0.717) is 0 Å². The SMILES string of the molecule is CCNC(=NCCc1cnn(C)c1)N1CCN(Cc2cc(OC)ccc2OC)CC1. The Morgan fingerprint density at radius 3 is 2.60 bits per heavy atom. The van der Waals surface area contributed by atoms with E-state index in [4.69, 9.17) is 14.5 Å². The van der Waals surface area contributed by atoms with Gasteiger partial charge in [0, 0.05) is 64.6 Å². The van der Waals surface area contributed by atoms with E-state index in [1.807, 2.05) is 36.3 Å². The van der Waals surface area contributed by atoms with E-state index < -0.39 is 0 Å². The molecule has 164 valence electrons. The van der Waals surface area contributed by atoms with Crippen molar-refractivity contribution in [2.45, 2.75) is 19.9 Å². The van der Waals surface area contributed by atoms with E-state index in [9.17, 15) is 0 Å². The zero-order valence-electron chi connectivity index (χ0n) is 18.6. The van der Waals surface area contributed by atoms with Crippen LogP contribution < -0.4 is 14.8 Å². The van der Waals surface area contributed by atoms with Crippen LogP contribution in [-0.2, 0) is 20.0 Å². The van der Waals surface area contributed by atoms with Crippen molar-refractivity contribution in [3.8, 4) is 11.5 Å². The molecule has 3 rings (SSSR count). The fourth-order valence-electron chi connectivity index (χ4n) is 3.68. The third-order valence-electron chi connectivity index (χ3n) is 5.31. The summed E-state index contributed by atoms with van der Waals surface area (Å²) >= 11 is 0. The number of aryl methyl sites for hydroxylation is 1. The Balaban J connectivity index is 1.55. The van der Waals surface area contributed by atoms with Crippen LogP contribution in [0.2, 0.25) is 0 Å². The summed E-state index contributed by atoms with van der Waals surface area (Å²) in [5.74, 6) is 2.77. The van der Waals surface area contributed by atoms with Crippen LogP contribution in [-0.4, -0.2) is 79.0 Å². The van der Waals surface area contributed by atoms with Gasteiger partial charge in [-0.1, -0.05) is 0 Å². The van der Waals surface area contributed by atoms with Gasteiger partial charge in [0.05, 0.1) is 20.4 Å². The molecule has 0 bridgehead atoms. The fourth-order valence-corrected chi connectivity index (χ4v) is 3.68. The average molecular weight is 415 g/mol. The van der Waals surface area contributed by atoms with Crippen LogP contribution >= 0.6 is 0 Å². The van der Waals surface area contributed by atoms with Crippen molar-refractivity contribution in [1.29, 1.82) is 0 Å². The molecular formula is C22H34N6O2. The van der Waals surface area contributed by atoms with Crippen molar-refractivity contribution >= 4 is 5.96 Å². The van der Waals surface area contributed by atoms with Gasteiger partial charge < -0.3 is 19.7 Å². The second-order valence-electron chi connectivity index (χ2n) is 7.45. The van der Waals surface area contributed by atoms with Gasteiger partial charge in [0.1, 0.15) is 11.5 Å². The van der Waals surface area contributed by atoms with Gasteiger partial charge in [-0.05, 0) is 37.1 Å². The van der Waals surface area contributed by atoms with Crippen molar-refractivity contribution in [1.82, 2.24) is 24.9 Å². The Morgan fingerprint density at radius 1 is 1.17 bits per heavy atom. The first-order chi connectivity index (χ1) is 14.6. The number of rotatable bonds is 8. The lowest BCUT2D eigenvalue weighted by Gasteiger charge is -2.36. The normalized spacial score (nSPS) is 15.3. The summed E-state index contributed by atoms with van der Waals surface area (Å²) in [4.78, 5) is 9.64. The molecule has 0 aliphatic carbocycles. The minimum Gasteiger partial charge on any atom is -0.497 e. The number of hydrogen-bond donors (Lipinski definition) is 1. The molecule has 1 saturated heterocycles. The number of guanidine groups is 1. The Hall–Kier alpha value is -2.74. The summed E-state index contributed by atoms with van der Waals surface area (Å²) in [6.45, 7) is 8.45. The van der Waals surface area contributed by atoms with Gasteiger partial charge in [0.25, 0.3) is 0 Å². The average Bonchev–Trinajstić information content (AvgIpc) is 3.18. The van der Waals surface area contributed by atoms with Crippen molar-refractivity contribution in [2.75, 3.05) is 53.5 Å². The maximum absolute atomic E-state index is 5.53. The Bertz CT molecular complexity index is 827. The van der Waals surface area contributed by atoms with Crippen LogP contribution in [0, 0.1) is 0 Å². The molecule has 1 aromatic carbocycles. The molecule has 2 aromatic rings. The second kappa shape index (κ2) is 10.9. The number of methoxy groups -OCH3 is 2. The number of nitrogens with one attached hydrogen (secondary N) is 1. The molecular weight excluding hydrogens is 380 g/mol. The van der Waals surface area contributed by atoms with E-state index in [0.717, 1.165) is 75.3 Å². The first kappa shape index (κ1) is 22.0. The molecule has 1 aliphatic rings. The molecule has 0 amide bonds. The highest BCUT2D eigenvalue weighted by molar-refractivity contribution is 5.80. The van der Waals surface area contributed by atoms with E-state index in [2.05, 4.69) is 33.2 Å². The molecule has 0 spiro atoms. The van der Waals surface area contributed by atoms with E-state index >= 15 is 0 Å². The van der Waals surface area contributed by atoms with Gasteiger partial charge in [0.2, 0.25) is 0 Å². The van der Waals surface area contributed by atoms with Crippen LogP contribution in [0.1, 0.15) is 18.1 Å². The lowest BCUT2D eigenvalue weighted by atomic mass is 10.1. The number of hydrogen-bond acceptors (Lipinski definition) is 5. The quantitative estimate of drug-likeness (QED) is 0.525. The highest BCUT2D eigenvalue weighted by Gasteiger charge is 2.20. The van der Waals surface area contributed by atoms with Crippen LogP contribution in [0.3, 0.4) is 0 Å². The number of ether oxygens (including phenoxy) is 2. The smallest absolute Gasteiger partial charge is 0.194 e. The van der Waals surface area contributed by atoms with Crippen LogP contribution in [0.5, 0.6) is 11.5 Å². The Kier molecular flexibility index (Phi) is 7.96. The highest BCUT2D eigenvalue weighted by atomic mass is 16.5. The lowest BCUT2D eigenvalue weighted by molar-refractivity contribution is 0.171. The molecule has 0 unspecified atom stereocenters. The van der Waals surface area contributed by atoms with E-state index in [1.54, 1.807) is 14.2 Å². The molecule has 0 saturated carbocycles. The predicted octanol–water partition coefficient (Wildman–Crippen LogP) is 1.76. The number of benzene rings is 1. The first-order valence-corrected chi connectivity index (χ1v) is 10.6. The van der Waals surface area contributed by atoms with Crippen molar-refractivity contribution in [3.05, 3.63) is 41.7 Å². The van der Waals surface area contributed by atoms with E-state index in [1.165, 1.54) is 5.56 Å². The maximum atomic E-state index is 5.53. The molecule has 8 nitrogen and oxygen atoms in total. The van der Waals surface area contributed by atoms with Gasteiger partial charge in [-0.2, -0.15) is 5.10 Å². The number of nitrogens with zero attached hydrogens (tertiary/aromatic N) is 5. The molecule has 1 aromatic heterocycles. The number of aliphatic imine (C=N–C) groups is 1. The largest absolute Gasteiger partial charge is 0.497 e. The Labute approximate surface area is 179 Å². The standard InChI is InChI=1S/C22H34N6O2/c1-5-23-22(24-9-8-18-15-25-26(2)16-18)28-12-10-27(11-13-28)17-19-14-20(29-3)6-7-21(19)30-4/h6-7,14-16H,5,8-13,17H2,1-4H3,(H,23,24). The van der Waals surface area contributed by atoms with Crippen molar-refractivity contribution < 1.29 is 9.47 Å². The van der Waals surface area contributed by atoms with Gasteiger partial charge in [-0.25, -0.2) is 0 Å². The van der Waals surface area contributed by atoms with E-state index in [-0.39, 0.29) is 0 Å². The molecule has 1 N–H and O–H groups in total. The number of aromatic nitrogens is 2. The first-order valence-electron chi connectivity index (χ1n) is 10.6. The number of piperazine rings is 1. The monoisotopic (exact) mass is 414 g/mol. The molecule has 2 heterocycles. The van der Waals surface area contributed by atoms with Crippen LogP contribution in [0.25, 0.3) is 0 Å². The summed E-state index contributed by atoms with van der Waals surface area (Å²) in [7, 11) is 5.35. The minimum atomic E-state index is 0.759. The highest BCUT2D eigenvalue weighted by Crippen LogP contribution is 2.25. The second-order valence-corrected chi connectivity index (χ2v) is 7.45. The molecule has 30 heavy (non-hydrogen) atoms. The van der Waals surface area contributed by atoms with Gasteiger partial charge in [-0.3, -0.25) is 14.6 Å². The topological polar surface area (TPSA) is 67.2 Å². The zero-order chi connectivity index (χ0) is 21.3. The van der Waals surface area contributed by atoms with Crippen LogP contribution in [0.15, 0.2) is 35.6 Å². The van der Waals surface area contributed by atoms with Gasteiger partial charge in [-0.15, -0.1) is 0 Å². The zero-order valence-corrected chi connectivity index (χ0v) is 18.6. The lowest BCUT2D eigenvalue weighted by Crippen LogP contribution is -2.52. The predicted molar refractivity (Wildman–Crippen MR) is 119 cm³/mol. The molecule has 1 aliphatic heterocycles. The summed E-state index contributed by atoms with van der Waals surface area (Å²) in [6, 6.07) is 5.97. The fraction of sp³-hybridized carbons (Fsp3) is 0.545. The molecule has 0 radical (unpaired) electrons. The third-order valence-corrected chi connectivity index (χ3v) is 5.31. The van der Waals surface area contributed by atoms with Crippen molar-refractivity contribution in [3.63, 3.8) is 0 Å². The van der Waals surface area contributed by atoms with Gasteiger partial charge in [0.15, 0.2) is 5.96 Å². The van der Waals surface area contributed by atoms with Gasteiger partial charge >= 0.3 is 0 Å². The molecule has 1 fully saturated rings. The third kappa shape index (κ3) is 5.89. The summed E-state index contributed by atoms with van der Waals surface area (Å²) in [5, 5.41) is 7.67. The van der Waals surface area contributed by atoms with Crippen molar-refractivity contribution in [2.24, 2.45) is 12.0 Å². The summed E-state index contributed by atoms with van der Waals surface area (Å²) < 4.78 is 12.7. The van der Waals surface area contributed by atoms with Crippen LogP contribution in [0.4, 0.5) is 0 Å². The summed E-state index contributed by atoms with van der Waals surface area (Å²) in [6.07, 6.45) is 4.86. The molecule has 0 atom stereocenters. The molecule has 8 heteroatoms.